The molecule has 0 unspecified atom stereocenters. The first kappa shape index (κ1) is 13.6. The Morgan fingerprint density at radius 2 is 2.30 bits per heavy atom. The van der Waals surface area contributed by atoms with Crippen LogP contribution in [0.15, 0.2) is 35.3 Å². The summed E-state index contributed by atoms with van der Waals surface area (Å²) < 4.78 is 2.03. The number of anilines is 1. The summed E-state index contributed by atoms with van der Waals surface area (Å²) in [5.41, 5.74) is 6.76. The molecule has 3 rings (SSSR count). The normalized spacial score (nSPS) is 14.4. The van der Waals surface area contributed by atoms with Crippen LogP contribution in [0.25, 0.3) is 10.1 Å². The topological polar surface area (TPSA) is 46.3 Å². The van der Waals surface area contributed by atoms with E-state index >= 15 is 0 Å². The van der Waals surface area contributed by atoms with Crippen molar-refractivity contribution in [3.05, 3.63) is 40.2 Å². The first-order chi connectivity index (χ1) is 9.61. The molecule has 2 aromatic rings. The number of carbonyl (C=O) groups is 1. The highest BCUT2D eigenvalue weighted by atomic mass is 79.9. The number of thiophene rings is 1. The van der Waals surface area contributed by atoms with E-state index in [0.29, 0.717) is 23.2 Å². The van der Waals surface area contributed by atoms with Crippen LogP contribution in [0, 0.1) is 0 Å². The lowest BCUT2D eigenvalue weighted by atomic mass is 10.2. The molecule has 0 aliphatic heterocycles. The van der Waals surface area contributed by atoms with Crippen LogP contribution in [0.1, 0.15) is 22.5 Å². The van der Waals surface area contributed by atoms with Crippen molar-refractivity contribution in [3.8, 4) is 0 Å². The second-order valence-electron chi connectivity index (χ2n) is 4.96. The van der Waals surface area contributed by atoms with Gasteiger partial charge in [0.05, 0.1) is 5.69 Å². The number of halogens is 1. The second kappa shape index (κ2) is 5.22. The number of hydrogen-bond donors (Lipinski definition) is 1. The Balaban J connectivity index is 2.02. The van der Waals surface area contributed by atoms with Gasteiger partial charge in [-0.3, -0.25) is 4.79 Å². The highest BCUT2D eigenvalue weighted by molar-refractivity contribution is 9.10. The standard InChI is InChI=1S/C15H15BrN2OS/c1-2-7-18(10-4-5-10)15(19)14-13(17)11-6-3-9(16)8-12(11)20-14/h2-3,6,8,10H,1,4-5,7,17H2. The summed E-state index contributed by atoms with van der Waals surface area (Å²) >= 11 is 4.91. The molecule has 0 spiro atoms. The summed E-state index contributed by atoms with van der Waals surface area (Å²) in [4.78, 5) is 15.2. The average molecular weight is 351 g/mol. The molecule has 0 radical (unpaired) electrons. The Hall–Kier alpha value is -1.33. The van der Waals surface area contributed by atoms with Crippen LogP contribution in [0.5, 0.6) is 0 Å². The lowest BCUT2D eigenvalue weighted by molar-refractivity contribution is 0.0768. The smallest absolute Gasteiger partial charge is 0.266 e. The largest absolute Gasteiger partial charge is 0.397 e. The number of fused-ring (bicyclic) bond motifs is 1. The van der Waals surface area contributed by atoms with E-state index in [1.807, 2.05) is 23.1 Å². The number of benzene rings is 1. The lowest BCUT2D eigenvalue weighted by Gasteiger charge is -2.20. The van der Waals surface area contributed by atoms with E-state index in [1.165, 1.54) is 11.3 Å². The van der Waals surface area contributed by atoms with Crippen LogP contribution in [0.2, 0.25) is 0 Å². The van der Waals surface area contributed by atoms with E-state index in [9.17, 15) is 4.79 Å². The van der Waals surface area contributed by atoms with Crippen molar-refractivity contribution in [2.75, 3.05) is 12.3 Å². The second-order valence-corrected chi connectivity index (χ2v) is 6.93. The van der Waals surface area contributed by atoms with Gasteiger partial charge in [0, 0.05) is 27.1 Å². The van der Waals surface area contributed by atoms with Gasteiger partial charge in [0.2, 0.25) is 0 Å². The molecule has 20 heavy (non-hydrogen) atoms. The van der Waals surface area contributed by atoms with Crippen LogP contribution >= 0.6 is 27.3 Å². The average Bonchev–Trinajstić information content (AvgIpc) is 3.20. The van der Waals surface area contributed by atoms with E-state index in [4.69, 9.17) is 5.73 Å². The van der Waals surface area contributed by atoms with Crippen LogP contribution in [0.3, 0.4) is 0 Å². The first-order valence-corrected chi connectivity index (χ1v) is 8.12. The van der Waals surface area contributed by atoms with E-state index in [1.54, 1.807) is 6.08 Å². The summed E-state index contributed by atoms with van der Waals surface area (Å²) in [6.45, 7) is 4.32. The summed E-state index contributed by atoms with van der Waals surface area (Å²) in [6.07, 6.45) is 3.93. The van der Waals surface area contributed by atoms with E-state index in [2.05, 4.69) is 22.5 Å². The third kappa shape index (κ3) is 2.36. The number of nitrogen functional groups attached to an aromatic ring is 1. The molecule has 1 aliphatic carbocycles. The third-order valence-electron chi connectivity index (χ3n) is 3.46. The van der Waals surface area contributed by atoms with Crippen LogP contribution in [0.4, 0.5) is 5.69 Å². The molecule has 1 saturated carbocycles. The van der Waals surface area contributed by atoms with Gasteiger partial charge in [0.1, 0.15) is 4.88 Å². The summed E-state index contributed by atoms with van der Waals surface area (Å²) in [6, 6.07) is 6.26. The van der Waals surface area contributed by atoms with Crippen molar-refractivity contribution in [3.63, 3.8) is 0 Å². The Kier molecular flexibility index (Phi) is 3.56. The van der Waals surface area contributed by atoms with Gasteiger partial charge < -0.3 is 10.6 Å². The van der Waals surface area contributed by atoms with Gasteiger partial charge in [-0.25, -0.2) is 0 Å². The summed E-state index contributed by atoms with van der Waals surface area (Å²) in [7, 11) is 0. The van der Waals surface area contributed by atoms with E-state index < -0.39 is 0 Å². The fourth-order valence-corrected chi connectivity index (χ4v) is 3.93. The summed E-state index contributed by atoms with van der Waals surface area (Å²) in [5, 5.41) is 0.955. The number of rotatable bonds is 4. The zero-order valence-electron chi connectivity index (χ0n) is 10.9. The molecule has 2 N–H and O–H groups in total. The molecule has 1 aliphatic rings. The number of amides is 1. The van der Waals surface area contributed by atoms with E-state index in [0.717, 1.165) is 27.4 Å². The minimum Gasteiger partial charge on any atom is -0.397 e. The van der Waals surface area contributed by atoms with Crippen LogP contribution < -0.4 is 5.73 Å². The number of nitrogens with two attached hydrogens (primary N) is 1. The molecular weight excluding hydrogens is 336 g/mol. The monoisotopic (exact) mass is 350 g/mol. The highest BCUT2D eigenvalue weighted by Crippen LogP contribution is 2.37. The maximum Gasteiger partial charge on any atom is 0.266 e. The van der Waals surface area contributed by atoms with Crippen molar-refractivity contribution >= 4 is 48.9 Å². The molecular formula is C15H15BrN2OS. The predicted molar refractivity (Wildman–Crippen MR) is 88.2 cm³/mol. The molecule has 0 bridgehead atoms. The third-order valence-corrected chi connectivity index (χ3v) is 5.11. The van der Waals surface area contributed by atoms with Gasteiger partial charge in [0.15, 0.2) is 0 Å². The minimum absolute atomic E-state index is 0.0298. The van der Waals surface area contributed by atoms with E-state index in [-0.39, 0.29) is 5.91 Å². The van der Waals surface area contributed by atoms with Crippen LogP contribution in [-0.4, -0.2) is 23.4 Å². The Bertz CT molecular complexity index is 690. The molecule has 1 aromatic carbocycles. The number of nitrogens with zero attached hydrogens (tertiary/aromatic N) is 1. The number of carbonyl (C=O) groups excluding carboxylic acids is 1. The molecule has 1 heterocycles. The quantitative estimate of drug-likeness (QED) is 0.845. The van der Waals surface area contributed by atoms with Crippen molar-refractivity contribution < 1.29 is 4.79 Å². The molecule has 0 saturated heterocycles. The highest BCUT2D eigenvalue weighted by Gasteiger charge is 2.33. The van der Waals surface area contributed by atoms with Crippen molar-refractivity contribution in [1.29, 1.82) is 0 Å². The maximum absolute atomic E-state index is 12.7. The van der Waals surface area contributed by atoms with Gasteiger partial charge in [-0.05, 0) is 25.0 Å². The zero-order valence-corrected chi connectivity index (χ0v) is 13.3. The molecule has 104 valence electrons. The van der Waals surface area contributed by atoms with Gasteiger partial charge in [0.25, 0.3) is 5.91 Å². The van der Waals surface area contributed by atoms with Crippen molar-refractivity contribution in [2.45, 2.75) is 18.9 Å². The van der Waals surface area contributed by atoms with Gasteiger partial charge in [-0.1, -0.05) is 28.1 Å². The Morgan fingerprint density at radius 3 is 2.95 bits per heavy atom. The Labute approximate surface area is 130 Å². The minimum atomic E-state index is 0.0298. The van der Waals surface area contributed by atoms with Crippen molar-refractivity contribution in [2.24, 2.45) is 0 Å². The Morgan fingerprint density at radius 1 is 1.55 bits per heavy atom. The fourth-order valence-electron chi connectivity index (χ4n) is 2.30. The molecule has 3 nitrogen and oxygen atoms in total. The van der Waals surface area contributed by atoms with Crippen LogP contribution in [-0.2, 0) is 0 Å². The van der Waals surface area contributed by atoms with Gasteiger partial charge >= 0.3 is 0 Å². The molecule has 1 amide bonds. The van der Waals surface area contributed by atoms with Crippen molar-refractivity contribution in [1.82, 2.24) is 4.90 Å². The molecule has 0 atom stereocenters. The molecule has 1 aromatic heterocycles. The zero-order chi connectivity index (χ0) is 14.3. The SMILES string of the molecule is C=CCN(C(=O)c1sc2cc(Br)ccc2c1N)C1CC1. The molecule has 5 heteroatoms. The van der Waals surface area contributed by atoms with Gasteiger partial charge in [-0.15, -0.1) is 17.9 Å². The number of hydrogen-bond acceptors (Lipinski definition) is 3. The molecule has 1 fully saturated rings. The predicted octanol–water partition coefficient (Wildman–Crippen LogP) is 4.04. The first-order valence-electron chi connectivity index (χ1n) is 6.51. The maximum atomic E-state index is 12.7. The fraction of sp³-hybridized carbons (Fsp3) is 0.267. The van der Waals surface area contributed by atoms with Gasteiger partial charge in [-0.2, -0.15) is 0 Å². The summed E-state index contributed by atoms with van der Waals surface area (Å²) in [5.74, 6) is 0.0298. The lowest BCUT2D eigenvalue weighted by Crippen LogP contribution is -2.33.